The number of aryl methyl sites for hydroxylation is 2. The molecule has 2 rings (SSSR count). The molecule has 1 aromatic heterocycles. The molecule has 0 aliphatic rings. The van der Waals surface area contributed by atoms with Crippen LogP contribution in [-0.2, 0) is 11.3 Å². The van der Waals surface area contributed by atoms with Crippen LogP contribution in [0.1, 0.15) is 18.4 Å². The largest absolute Gasteiger partial charge is 0.481 e. The number of carbonyl (C=O) groups is 1. The highest BCUT2D eigenvalue weighted by Gasteiger charge is 2.05. The Hall–Kier alpha value is -1.91. The van der Waals surface area contributed by atoms with Gasteiger partial charge in [0.2, 0.25) is 0 Å². The predicted octanol–water partition coefficient (Wildman–Crippen LogP) is 1.60. The minimum atomic E-state index is -0.777. The molecule has 84 valence electrons. The molecular weight excluding hydrogens is 206 g/mol. The summed E-state index contributed by atoms with van der Waals surface area (Å²) < 4.78 is 1.76. The molecule has 0 bridgehead atoms. The Balaban J connectivity index is 2.17. The number of hydrogen-bond donors (Lipinski definition) is 1. The van der Waals surface area contributed by atoms with Crippen LogP contribution in [0.3, 0.4) is 0 Å². The van der Waals surface area contributed by atoms with E-state index in [9.17, 15) is 4.79 Å². The molecule has 1 heterocycles. The van der Waals surface area contributed by atoms with E-state index in [1.807, 2.05) is 25.1 Å². The van der Waals surface area contributed by atoms with Gasteiger partial charge in [0.25, 0.3) is 0 Å². The van der Waals surface area contributed by atoms with E-state index in [4.69, 9.17) is 5.11 Å². The number of carboxylic acids is 1. The highest BCUT2D eigenvalue weighted by Crippen LogP contribution is 2.13. The summed E-state index contributed by atoms with van der Waals surface area (Å²) in [7, 11) is 0. The van der Waals surface area contributed by atoms with Gasteiger partial charge in [-0.1, -0.05) is 11.3 Å². The number of hydrogen-bond acceptors (Lipinski definition) is 3. The van der Waals surface area contributed by atoms with Gasteiger partial charge in [-0.15, -0.1) is 5.10 Å². The minimum absolute atomic E-state index is 0.160. The van der Waals surface area contributed by atoms with Crippen molar-refractivity contribution < 1.29 is 9.90 Å². The van der Waals surface area contributed by atoms with Crippen molar-refractivity contribution in [2.24, 2.45) is 0 Å². The normalized spacial score (nSPS) is 10.8. The Kier molecular flexibility index (Phi) is 2.85. The van der Waals surface area contributed by atoms with Gasteiger partial charge in [0.1, 0.15) is 5.52 Å². The first-order chi connectivity index (χ1) is 7.66. The summed E-state index contributed by atoms with van der Waals surface area (Å²) in [5, 5.41) is 16.6. The van der Waals surface area contributed by atoms with E-state index in [0.29, 0.717) is 13.0 Å². The zero-order valence-corrected chi connectivity index (χ0v) is 9.05. The first-order valence-electron chi connectivity index (χ1n) is 5.18. The van der Waals surface area contributed by atoms with E-state index in [1.54, 1.807) is 4.68 Å². The fourth-order valence-corrected chi connectivity index (χ4v) is 1.62. The second-order valence-electron chi connectivity index (χ2n) is 3.80. The number of nitrogens with zero attached hydrogens (tertiary/aromatic N) is 3. The molecule has 2 aromatic rings. The van der Waals surface area contributed by atoms with Gasteiger partial charge in [-0.2, -0.15) is 0 Å². The van der Waals surface area contributed by atoms with Gasteiger partial charge in [-0.3, -0.25) is 4.79 Å². The fourth-order valence-electron chi connectivity index (χ4n) is 1.62. The maximum atomic E-state index is 10.4. The summed E-state index contributed by atoms with van der Waals surface area (Å²) in [6, 6.07) is 5.92. The Morgan fingerprint density at radius 3 is 3.06 bits per heavy atom. The standard InChI is InChI=1S/C11H13N3O2/c1-8-4-5-9-10(7-8)14(13-12-9)6-2-3-11(15)16/h4-5,7H,2-3,6H2,1H3,(H,15,16). The number of aromatic nitrogens is 3. The van der Waals surface area contributed by atoms with Crippen LogP contribution in [0.2, 0.25) is 0 Å². The van der Waals surface area contributed by atoms with Crippen molar-refractivity contribution in [3.8, 4) is 0 Å². The van der Waals surface area contributed by atoms with E-state index in [2.05, 4.69) is 10.3 Å². The Bertz CT molecular complexity index is 519. The van der Waals surface area contributed by atoms with Crippen molar-refractivity contribution in [3.05, 3.63) is 23.8 Å². The van der Waals surface area contributed by atoms with E-state index in [0.717, 1.165) is 16.6 Å². The highest BCUT2D eigenvalue weighted by molar-refractivity contribution is 5.74. The van der Waals surface area contributed by atoms with Crippen LogP contribution < -0.4 is 0 Å². The Morgan fingerprint density at radius 1 is 1.50 bits per heavy atom. The average molecular weight is 219 g/mol. The Morgan fingerprint density at radius 2 is 2.31 bits per heavy atom. The molecule has 1 N–H and O–H groups in total. The molecule has 0 amide bonds. The molecule has 0 radical (unpaired) electrons. The summed E-state index contributed by atoms with van der Waals surface area (Å²) in [5.74, 6) is -0.777. The molecular formula is C11H13N3O2. The maximum Gasteiger partial charge on any atom is 0.303 e. The average Bonchev–Trinajstić information content (AvgIpc) is 2.60. The van der Waals surface area contributed by atoms with Crippen molar-refractivity contribution in [2.75, 3.05) is 0 Å². The second kappa shape index (κ2) is 4.30. The van der Waals surface area contributed by atoms with E-state index in [-0.39, 0.29) is 6.42 Å². The molecule has 0 spiro atoms. The monoisotopic (exact) mass is 219 g/mol. The van der Waals surface area contributed by atoms with Crippen molar-refractivity contribution in [2.45, 2.75) is 26.3 Å². The molecule has 16 heavy (non-hydrogen) atoms. The smallest absolute Gasteiger partial charge is 0.303 e. The molecule has 0 aliphatic heterocycles. The lowest BCUT2D eigenvalue weighted by molar-refractivity contribution is -0.137. The van der Waals surface area contributed by atoms with Crippen LogP contribution in [0, 0.1) is 6.92 Å². The number of fused-ring (bicyclic) bond motifs is 1. The zero-order chi connectivity index (χ0) is 11.5. The van der Waals surface area contributed by atoms with Gasteiger partial charge in [0, 0.05) is 13.0 Å². The van der Waals surface area contributed by atoms with Crippen LogP contribution in [0.5, 0.6) is 0 Å². The van der Waals surface area contributed by atoms with Crippen LogP contribution in [0.15, 0.2) is 18.2 Å². The Labute approximate surface area is 92.7 Å². The molecule has 5 nitrogen and oxygen atoms in total. The molecule has 0 saturated carbocycles. The molecule has 0 unspecified atom stereocenters. The first-order valence-corrected chi connectivity index (χ1v) is 5.18. The van der Waals surface area contributed by atoms with Gasteiger partial charge in [-0.25, -0.2) is 4.68 Å². The third-order valence-electron chi connectivity index (χ3n) is 2.43. The van der Waals surface area contributed by atoms with Gasteiger partial charge < -0.3 is 5.11 Å². The first kappa shape index (κ1) is 10.6. The lowest BCUT2D eigenvalue weighted by Crippen LogP contribution is -2.03. The van der Waals surface area contributed by atoms with E-state index in [1.165, 1.54) is 0 Å². The predicted molar refractivity (Wildman–Crippen MR) is 59.1 cm³/mol. The lowest BCUT2D eigenvalue weighted by atomic mass is 10.2. The number of carboxylic acid groups (broad SMARTS) is 1. The number of rotatable bonds is 4. The SMILES string of the molecule is Cc1ccc2nnn(CCCC(=O)O)c2c1. The topological polar surface area (TPSA) is 68.0 Å². The van der Waals surface area contributed by atoms with Crippen molar-refractivity contribution in [1.82, 2.24) is 15.0 Å². The minimum Gasteiger partial charge on any atom is -0.481 e. The fraction of sp³-hybridized carbons (Fsp3) is 0.364. The van der Waals surface area contributed by atoms with Crippen LogP contribution in [0.4, 0.5) is 0 Å². The van der Waals surface area contributed by atoms with E-state index < -0.39 is 5.97 Å². The van der Waals surface area contributed by atoms with Crippen molar-refractivity contribution in [1.29, 1.82) is 0 Å². The molecule has 5 heteroatoms. The van der Waals surface area contributed by atoms with Gasteiger partial charge in [0.15, 0.2) is 0 Å². The number of benzene rings is 1. The van der Waals surface area contributed by atoms with Gasteiger partial charge in [-0.05, 0) is 31.0 Å². The van der Waals surface area contributed by atoms with Gasteiger partial charge in [0.05, 0.1) is 5.52 Å². The molecule has 0 atom stereocenters. The van der Waals surface area contributed by atoms with Crippen molar-refractivity contribution in [3.63, 3.8) is 0 Å². The van der Waals surface area contributed by atoms with Crippen LogP contribution >= 0.6 is 0 Å². The summed E-state index contributed by atoms with van der Waals surface area (Å²) in [6.45, 7) is 2.60. The summed E-state index contributed by atoms with van der Waals surface area (Å²) in [6.07, 6.45) is 0.731. The van der Waals surface area contributed by atoms with Crippen LogP contribution in [-0.4, -0.2) is 26.1 Å². The van der Waals surface area contributed by atoms with Gasteiger partial charge >= 0.3 is 5.97 Å². The second-order valence-corrected chi connectivity index (χ2v) is 3.80. The zero-order valence-electron chi connectivity index (χ0n) is 9.05. The van der Waals surface area contributed by atoms with Crippen molar-refractivity contribution >= 4 is 17.0 Å². The highest BCUT2D eigenvalue weighted by atomic mass is 16.4. The lowest BCUT2D eigenvalue weighted by Gasteiger charge is -2.00. The maximum absolute atomic E-state index is 10.4. The summed E-state index contributed by atoms with van der Waals surface area (Å²) >= 11 is 0. The summed E-state index contributed by atoms with van der Waals surface area (Å²) in [4.78, 5) is 10.4. The summed E-state index contributed by atoms with van der Waals surface area (Å²) in [5.41, 5.74) is 2.96. The molecule has 0 saturated heterocycles. The molecule has 0 aliphatic carbocycles. The van der Waals surface area contributed by atoms with Crippen LogP contribution in [0.25, 0.3) is 11.0 Å². The molecule has 1 aromatic carbocycles. The third-order valence-corrected chi connectivity index (χ3v) is 2.43. The quantitative estimate of drug-likeness (QED) is 0.848. The number of aliphatic carboxylic acids is 1. The third kappa shape index (κ3) is 2.18. The van der Waals surface area contributed by atoms with E-state index >= 15 is 0 Å². The molecule has 0 fully saturated rings.